The van der Waals surface area contributed by atoms with Gasteiger partial charge in [-0.2, -0.15) is 0 Å². The zero-order chi connectivity index (χ0) is 24.0. The van der Waals surface area contributed by atoms with E-state index in [2.05, 4.69) is 4.98 Å². The summed E-state index contributed by atoms with van der Waals surface area (Å²) in [6, 6.07) is 13.1. The van der Waals surface area contributed by atoms with Gasteiger partial charge in [0.1, 0.15) is 16.9 Å². The molecule has 0 saturated carbocycles. The highest BCUT2D eigenvalue weighted by Crippen LogP contribution is 2.32. The van der Waals surface area contributed by atoms with Gasteiger partial charge in [0.25, 0.3) is 5.56 Å². The van der Waals surface area contributed by atoms with Crippen molar-refractivity contribution in [2.24, 2.45) is 0 Å². The van der Waals surface area contributed by atoms with E-state index >= 15 is 0 Å². The summed E-state index contributed by atoms with van der Waals surface area (Å²) >= 11 is 0. The average molecular weight is 458 g/mol. The maximum absolute atomic E-state index is 12.9. The van der Waals surface area contributed by atoms with Gasteiger partial charge in [-0.1, -0.05) is 6.07 Å². The number of carbonyl (C=O) groups excluding carboxylic acids is 1. The van der Waals surface area contributed by atoms with Gasteiger partial charge in [0.05, 0.1) is 17.9 Å². The number of rotatable bonds is 2. The number of furan rings is 1. The van der Waals surface area contributed by atoms with Crippen LogP contribution < -0.4 is 5.56 Å². The summed E-state index contributed by atoms with van der Waals surface area (Å²) in [7, 11) is 0. The summed E-state index contributed by atoms with van der Waals surface area (Å²) in [6.07, 6.45) is 3.85. The third-order valence-electron chi connectivity index (χ3n) is 5.87. The highest BCUT2D eigenvalue weighted by molar-refractivity contribution is 5.85. The van der Waals surface area contributed by atoms with Crippen molar-refractivity contribution in [3.8, 4) is 16.9 Å². The largest absolute Gasteiger partial charge is 0.461 e. The van der Waals surface area contributed by atoms with E-state index in [-0.39, 0.29) is 11.7 Å². The van der Waals surface area contributed by atoms with Gasteiger partial charge in [0.15, 0.2) is 0 Å². The van der Waals surface area contributed by atoms with Crippen LogP contribution in [0.4, 0.5) is 4.79 Å². The van der Waals surface area contributed by atoms with E-state index < -0.39 is 5.60 Å². The molecule has 4 heterocycles. The molecule has 1 amide bonds. The van der Waals surface area contributed by atoms with Crippen LogP contribution in [0.15, 0.2) is 64.1 Å². The van der Waals surface area contributed by atoms with Crippen molar-refractivity contribution >= 4 is 17.1 Å². The normalized spacial score (nSPS) is 13.7. The minimum absolute atomic E-state index is 0.147. The minimum Gasteiger partial charge on any atom is -0.461 e. The van der Waals surface area contributed by atoms with Gasteiger partial charge in [-0.15, -0.1) is 0 Å². The molecule has 0 N–H and O–H groups in total. The van der Waals surface area contributed by atoms with Crippen LogP contribution in [0.2, 0.25) is 0 Å². The van der Waals surface area contributed by atoms with Crippen LogP contribution in [-0.4, -0.2) is 32.7 Å². The lowest BCUT2D eigenvalue weighted by atomic mass is 10.0. The van der Waals surface area contributed by atoms with Crippen molar-refractivity contribution in [1.29, 1.82) is 0 Å². The lowest BCUT2D eigenvalue weighted by molar-refractivity contribution is 0.0220. The average Bonchev–Trinajstić information content (AvgIpc) is 3.15. The quantitative estimate of drug-likeness (QED) is 0.411. The van der Waals surface area contributed by atoms with Gasteiger partial charge in [0.2, 0.25) is 0 Å². The Labute approximate surface area is 197 Å². The van der Waals surface area contributed by atoms with Crippen LogP contribution in [0.5, 0.6) is 0 Å². The van der Waals surface area contributed by atoms with Crippen molar-refractivity contribution < 1.29 is 13.9 Å². The van der Waals surface area contributed by atoms with Gasteiger partial charge < -0.3 is 14.1 Å². The third-order valence-corrected chi connectivity index (χ3v) is 5.87. The second kappa shape index (κ2) is 8.17. The molecule has 1 aliphatic rings. The molecule has 1 aromatic carbocycles. The van der Waals surface area contributed by atoms with Gasteiger partial charge in [-0.25, -0.2) is 4.79 Å². The molecule has 0 fully saturated rings. The van der Waals surface area contributed by atoms with Crippen LogP contribution in [0.25, 0.3) is 27.9 Å². The Hall–Kier alpha value is -3.87. The summed E-state index contributed by atoms with van der Waals surface area (Å²) in [6.45, 7) is 8.55. The lowest BCUT2D eigenvalue weighted by Crippen LogP contribution is -2.39. The van der Waals surface area contributed by atoms with E-state index in [0.29, 0.717) is 25.1 Å². The van der Waals surface area contributed by atoms with E-state index in [1.165, 1.54) is 0 Å². The number of fused-ring (bicyclic) bond motifs is 3. The Kier molecular flexibility index (Phi) is 5.27. The number of benzene rings is 1. The fraction of sp³-hybridized carbons (Fsp3) is 0.296. The predicted molar refractivity (Wildman–Crippen MR) is 130 cm³/mol. The SMILES string of the molecule is Cc1ccc(-c2ccn(-c3ccc4c5c(oc4c3)CCN(C(=O)OC(C)(C)C)C5)c(=O)c2)nc1. The predicted octanol–water partition coefficient (Wildman–Crippen LogP) is 5.25. The Balaban J connectivity index is 1.44. The van der Waals surface area contributed by atoms with Crippen molar-refractivity contribution in [3.63, 3.8) is 0 Å². The van der Waals surface area contributed by atoms with Crippen molar-refractivity contribution in [3.05, 3.63) is 82.1 Å². The van der Waals surface area contributed by atoms with Gasteiger partial charge >= 0.3 is 6.09 Å². The molecule has 0 radical (unpaired) electrons. The molecular weight excluding hydrogens is 430 g/mol. The van der Waals surface area contributed by atoms with E-state index in [9.17, 15) is 9.59 Å². The summed E-state index contributed by atoms with van der Waals surface area (Å²) < 4.78 is 13.2. The maximum Gasteiger partial charge on any atom is 0.410 e. The summed E-state index contributed by atoms with van der Waals surface area (Å²) in [5.74, 6) is 0.875. The number of amides is 1. The Morgan fingerprint density at radius 3 is 2.65 bits per heavy atom. The summed E-state index contributed by atoms with van der Waals surface area (Å²) in [5.41, 5.74) is 4.33. The smallest absolute Gasteiger partial charge is 0.410 e. The first kappa shape index (κ1) is 21.9. The first-order valence-electron chi connectivity index (χ1n) is 11.4. The van der Waals surface area contributed by atoms with E-state index in [1.807, 2.05) is 64.1 Å². The molecule has 4 aromatic rings. The number of nitrogens with zero attached hydrogens (tertiary/aromatic N) is 3. The molecule has 1 aliphatic heterocycles. The zero-order valence-electron chi connectivity index (χ0n) is 19.8. The minimum atomic E-state index is -0.539. The van der Waals surface area contributed by atoms with Gasteiger partial charge in [-0.3, -0.25) is 14.3 Å². The molecule has 34 heavy (non-hydrogen) atoms. The molecule has 0 atom stereocenters. The Bertz CT molecular complexity index is 1440. The number of aromatic nitrogens is 2. The number of hydrogen-bond acceptors (Lipinski definition) is 5. The number of hydrogen-bond donors (Lipinski definition) is 0. The van der Waals surface area contributed by atoms with Gasteiger partial charge in [0, 0.05) is 54.0 Å². The van der Waals surface area contributed by atoms with Crippen LogP contribution in [-0.2, 0) is 17.7 Å². The molecule has 0 saturated heterocycles. The van der Waals surface area contributed by atoms with Gasteiger partial charge in [-0.05, 0) is 57.5 Å². The molecule has 0 unspecified atom stereocenters. The number of aryl methyl sites for hydroxylation is 1. The highest BCUT2D eigenvalue weighted by atomic mass is 16.6. The van der Waals surface area contributed by atoms with Crippen LogP contribution in [0.3, 0.4) is 0 Å². The molecule has 3 aromatic heterocycles. The second-order valence-corrected chi connectivity index (χ2v) is 9.68. The number of carbonyl (C=O) groups is 1. The first-order valence-corrected chi connectivity index (χ1v) is 11.4. The summed E-state index contributed by atoms with van der Waals surface area (Å²) in [4.78, 5) is 31.5. The molecule has 0 aliphatic carbocycles. The highest BCUT2D eigenvalue weighted by Gasteiger charge is 2.29. The molecule has 5 rings (SSSR count). The molecule has 174 valence electrons. The molecule has 0 bridgehead atoms. The maximum atomic E-state index is 12.9. The molecule has 7 heteroatoms. The Morgan fingerprint density at radius 2 is 1.94 bits per heavy atom. The molecule has 0 spiro atoms. The first-order chi connectivity index (χ1) is 16.2. The standard InChI is InChI=1S/C27H27N3O4/c1-17-5-8-22(28-15-17)18-9-12-30(25(31)13-18)19-6-7-20-21-16-29(26(32)34-27(2,3)4)11-10-23(21)33-24(20)14-19/h5-9,12-15H,10-11,16H2,1-4H3. The summed E-state index contributed by atoms with van der Waals surface area (Å²) in [5, 5.41) is 0.945. The van der Waals surface area contributed by atoms with Crippen LogP contribution in [0.1, 0.15) is 37.7 Å². The van der Waals surface area contributed by atoms with E-state index in [4.69, 9.17) is 9.15 Å². The third kappa shape index (κ3) is 4.21. The fourth-order valence-electron chi connectivity index (χ4n) is 4.19. The van der Waals surface area contributed by atoms with Crippen molar-refractivity contribution in [1.82, 2.24) is 14.5 Å². The lowest BCUT2D eigenvalue weighted by Gasteiger charge is -2.29. The molecule has 7 nitrogen and oxygen atoms in total. The Morgan fingerprint density at radius 1 is 1.12 bits per heavy atom. The topological polar surface area (TPSA) is 77.6 Å². The zero-order valence-corrected chi connectivity index (χ0v) is 19.8. The number of pyridine rings is 2. The molecular formula is C27H27N3O4. The van der Waals surface area contributed by atoms with Crippen LogP contribution >= 0.6 is 0 Å². The fourth-order valence-corrected chi connectivity index (χ4v) is 4.19. The monoisotopic (exact) mass is 457 g/mol. The van der Waals surface area contributed by atoms with Crippen molar-refractivity contribution in [2.75, 3.05) is 6.54 Å². The van der Waals surface area contributed by atoms with Crippen LogP contribution in [0, 0.1) is 6.92 Å². The van der Waals surface area contributed by atoms with E-state index in [0.717, 1.165) is 39.2 Å². The number of ether oxygens (including phenoxy) is 1. The van der Waals surface area contributed by atoms with E-state index in [1.54, 1.807) is 27.9 Å². The second-order valence-electron chi connectivity index (χ2n) is 9.68. The van der Waals surface area contributed by atoms with Crippen molar-refractivity contribution in [2.45, 2.75) is 46.3 Å².